The van der Waals surface area contributed by atoms with Crippen molar-refractivity contribution in [2.45, 2.75) is 13.3 Å². The van der Waals surface area contributed by atoms with Gasteiger partial charge < -0.3 is 4.40 Å². The standard InChI is InChI=1S/C10H10N2O/c1-8(13)6-9-7-12-5-3-2-4-10(12)11-9/h2-5,7H,6H2,1H3. The summed E-state index contributed by atoms with van der Waals surface area (Å²) >= 11 is 0. The summed E-state index contributed by atoms with van der Waals surface area (Å²) in [5, 5.41) is 0. The number of ketones is 1. The highest BCUT2D eigenvalue weighted by atomic mass is 16.1. The van der Waals surface area contributed by atoms with Crippen molar-refractivity contribution in [2.75, 3.05) is 0 Å². The van der Waals surface area contributed by atoms with Gasteiger partial charge in [-0.05, 0) is 19.1 Å². The molecule has 2 rings (SSSR count). The second kappa shape index (κ2) is 3.01. The second-order valence-corrected chi connectivity index (χ2v) is 3.08. The lowest BCUT2D eigenvalue weighted by atomic mass is 10.2. The minimum Gasteiger partial charge on any atom is -0.307 e. The molecule has 0 unspecified atom stereocenters. The zero-order valence-corrected chi connectivity index (χ0v) is 7.40. The molecule has 0 radical (unpaired) electrons. The lowest BCUT2D eigenvalue weighted by Crippen LogP contribution is -1.95. The third-order valence-electron chi connectivity index (χ3n) is 1.84. The van der Waals surface area contributed by atoms with E-state index in [4.69, 9.17) is 0 Å². The van der Waals surface area contributed by atoms with E-state index in [1.165, 1.54) is 0 Å². The van der Waals surface area contributed by atoms with Gasteiger partial charge in [0.1, 0.15) is 11.4 Å². The van der Waals surface area contributed by atoms with E-state index < -0.39 is 0 Å². The highest BCUT2D eigenvalue weighted by Gasteiger charge is 2.02. The third kappa shape index (κ3) is 1.59. The van der Waals surface area contributed by atoms with Gasteiger partial charge in [0.25, 0.3) is 0 Å². The zero-order valence-electron chi connectivity index (χ0n) is 7.40. The predicted octanol–water partition coefficient (Wildman–Crippen LogP) is 1.47. The van der Waals surface area contributed by atoms with Crippen LogP contribution in [-0.4, -0.2) is 15.2 Å². The smallest absolute Gasteiger partial charge is 0.136 e. The van der Waals surface area contributed by atoms with Gasteiger partial charge in [-0.1, -0.05) is 6.07 Å². The molecule has 0 N–H and O–H groups in total. The van der Waals surface area contributed by atoms with Crippen molar-refractivity contribution in [3.8, 4) is 0 Å². The first-order valence-electron chi connectivity index (χ1n) is 4.18. The second-order valence-electron chi connectivity index (χ2n) is 3.08. The lowest BCUT2D eigenvalue weighted by Gasteiger charge is -1.86. The van der Waals surface area contributed by atoms with Crippen LogP contribution in [0.25, 0.3) is 5.65 Å². The van der Waals surface area contributed by atoms with Crippen LogP contribution in [0.4, 0.5) is 0 Å². The molecule has 0 aliphatic heterocycles. The molecular formula is C10H10N2O. The summed E-state index contributed by atoms with van der Waals surface area (Å²) in [6.07, 6.45) is 4.23. The number of Topliss-reactive ketones (excluding diaryl/α,β-unsaturated/α-hetero) is 1. The van der Waals surface area contributed by atoms with E-state index in [-0.39, 0.29) is 5.78 Å². The first-order valence-corrected chi connectivity index (χ1v) is 4.18. The van der Waals surface area contributed by atoms with E-state index in [1.807, 2.05) is 35.0 Å². The monoisotopic (exact) mass is 174 g/mol. The number of imidazole rings is 1. The fourth-order valence-corrected chi connectivity index (χ4v) is 1.33. The molecule has 3 heteroatoms. The zero-order chi connectivity index (χ0) is 9.26. The molecule has 2 aromatic heterocycles. The third-order valence-corrected chi connectivity index (χ3v) is 1.84. The molecule has 0 saturated heterocycles. The summed E-state index contributed by atoms with van der Waals surface area (Å²) in [5.41, 5.74) is 1.72. The maximum Gasteiger partial charge on any atom is 0.136 e. The Labute approximate surface area is 76.0 Å². The number of nitrogens with zero attached hydrogens (tertiary/aromatic N) is 2. The Hall–Kier alpha value is -1.64. The van der Waals surface area contributed by atoms with E-state index in [9.17, 15) is 4.79 Å². The summed E-state index contributed by atoms with van der Waals surface area (Å²) in [6.45, 7) is 1.57. The SMILES string of the molecule is CC(=O)Cc1cn2ccccc2n1. The number of aromatic nitrogens is 2. The first-order chi connectivity index (χ1) is 6.25. The average molecular weight is 174 g/mol. The van der Waals surface area contributed by atoms with Crippen LogP contribution in [-0.2, 0) is 11.2 Å². The van der Waals surface area contributed by atoms with Gasteiger partial charge in [0, 0.05) is 18.8 Å². The maximum absolute atomic E-state index is 10.8. The fourth-order valence-electron chi connectivity index (χ4n) is 1.33. The van der Waals surface area contributed by atoms with Crippen molar-refractivity contribution in [1.29, 1.82) is 0 Å². The molecule has 0 spiro atoms. The Bertz CT molecular complexity index is 412. The first kappa shape index (κ1) is 7.98. The molecule has 66 valence electrons. The van der Waals surface area contributed by atoms with E-state index in [1.54, 1.807) is 6.92 Å². The largest absolute Gasteiger partial charge is 0.307 e. The van der Waals surface area contributed by atoms with E-state index in [0.717, 1.165) is 11.3 Å². The van der Waals surface area contributed by atoms with E-state index >= 15 is 0 Å². The van der Waals surface area contributed by atoms with Crippen LogP contribution in [0.5, 0.6) is 0 Å². The van der Waals surface area contributed by atoms with Gasteiger partial charge in [-0.3, -0.25) is 4.79 Å². The number of rotatable bonds is 2. The molecule has 0 aliphatic rings. The van der Waals surface area contributed by atoms with Gasteiger partial charge in [0.2, 0.25) is 0 Å². The minimum absolute atomic E-state index is 0.142. The van der Waals surface area contributed by atoms with Gasteiger partial charge in [-0.2, -0.15) is 0 Å². The van der Waals surface area contributed by atoms with Gasteiger partial charge in [0.05, 0.1) is 5.69 Å². The average Bonchev–Trinajstić information content (AvgIpc) is 2.44. The topological polar surface area (TPSA) is 34.4 Å². The number of carbonyl (C=O) groups is 1. The molecule has 13 heavy (non-hydrogen) atoms. The Morgan fingerprint density at radius 3 is 3.08 bits per heavy atom. The highest BCUT2D eigenvalue weighted by molar-refractivity contribution is 5.77. The predicted molar refractivity (Wildman–Crippen MR) is 49.6 cm³/mol. The van der Waals surface area contributed by atoms with Crippen LogP contribution < -0.4 is 0 Å². The van der Waals surface area contributed by atoms with Crippen molar-refractivity contribution in [2.24, 2.45) is 0 Å². The fraction of sp³-hybridized carbons (Fsp3) is 0.200. The normalized spacial score (nSPS) is 10.5. The van der Waals surface area contributed by atoms with Crippen molar-refractivity contribution in [3.05, 3.63) is 36.3 Å². The summed E-state index contributed by atoms with van der Waals surface area (Å²) in [6, 6.07) is 5.79. The molecule has 0 fully saturated rings. The Morgan fingerprint density at radius 2 is 2.38 bits per heavy atom. The van der Waals surface area contributed by atoms with Crippen molar-refractivity contribution >= 4 is 11.4 Å². The van der Waals surface area contributed by atoms with Crippen molar-refractivity contribution < 1.29 is 4.79 Å². The highest BCUT2D eigenvalue weighted by Crippen LogP contribution is 2.04. The molecule has 0 saturated carbocycles. The van der Waals surface area contributed by atoms with E-state index in [0.29, 0.717) is 6.42 Å². The van der Waals surface area contributed by atoms with Crippen molar-refractivity contribution in [3.63, 3.8) is 0 Å². The molecule has 0 aliphatic carbocycles. The number of fused-ring (bicyclic) bond motifs is 1. The lowest BCUT2D eigenvalue weighted by molar-refractivity contribution is -0.116. The molecule has 0 amide bonds. The van der Waals surface area contributed by atoms with Gasteiger partial charge >= 0.3 is 0 Å². The van der Waals surface area contributed by atoms with Crippen LogP contribution in [0, 0.1) is 0 Å². The molecule has 0 atom stereocenters. The summed E-state index contributed by atoms with van der Waals surface area (Å²) in [7, 11) is 0. The Morgan fingerprint density at radius 1 is 1.54 bits per heavy atom. The summed E-state index contributed by atoms with van der Waals surface area (Å²) in [5.74, 6) is 0.142. The number of pyridine rings is 1. The number of hydrogen-bond donors (Lipinski definition) is 0. The Balaban J connectivity index is 2.44. The van der Waals surface area contributed by atoms with Crippen LogP contribution in [0.3, 0.4) is 0 Å². The van der Waals surface area contributed by atoms with Crippen LogP contribution in [0.1, 0.15) is 12.6 Å². The molecular weight excluding hydrogens is 164 g/mol. The number of hydrogen-bond acceptors (Lipinski definition) is 2. The van der Waals surface area contributed by atoms with E-state index in [2.05, 4.69) is 4.98 Å². The number of carbonyl (C=O) groups excluding carboxylic acids is 1. The van der Waals surface area contributed by atoms with Crippen LogP contribution in [0.2, 0.25) is 0 Å². The van der Waals surface area contributed by atoms with Gasteiger partial charge in [-0.15, -0.1) is 0 Å². The van der Waals surface area contributed by atoms with Gasteiger partial charge in [0.15, 0.2) is 0 Å². The Kier molecular flexibility index (Phi) is 1.85. The maximum atomic E-state index is 10.8. The minimum atomic E-state index is 0.142. The molecule has 2 heterocycles. The van der Waals surface area contributed by atoms with Crippen LogP contribution in [0.15, 0.2) is 30.6 Å². The summed E-state index contributed by atoms with van der Waals surface area (Å²) in [4.78, 5) is 15.1. The molecule has 0 aromatic carbocycles. The molecule has 2 aromatic rings. The van der Waals surface area contributed by atoms with Gasteiger partial charge in [-0.25, -0.2) is 4.98 Å². The van der Waals surface area contributed by atoms with Crippen molar-refractivity contribution in [1.82, 2.24) is 9.38 Å². The summed E-state index contributed by atoms with van der Waals surface area (Å²) < 4.78 is 1.91. The van der Waals surface area contributed by atoms with Crippen LogP contribution >= 0.6 is 0 Å². The molecule has 0 bridgehead atoms. The quantitative estimate of drug-likeness (QED) is 0.690. The molecule has 3 nitrogen and oxygen atoms in total.